The highest BCUT2D eigenvalue weighted by molar-refractivity contribution is 5.93. The topological polar surface area (TPSA) is 42.0 Å². The number of carbonyl (C=O) groups is 1. The van der Waals surface area contributed by atoms with E-state index in [1.54, 1.807) is 6.26 Å². The van der Waals surface area contributed by atoms with Gasteiger partial charge in [0.2, 0.25) is 0 Å². The van der Waals surface area contributed by atoms with Gasteiger partial charge in [0.25, 0.3) is 5.91 Å². The Morgan fingerprint density at radius 1 is 1.26 bits per heavy atom. The van der Waals surface area contributed by atoms with E-state index >= 15 is 0 Å². The molecule has 3 heterocycles. The molecule has 19 heavy (non-hydrogen) atoms. The van der Waals surface area contributed by atoms with E-state index in [4.69, 9.17) is 9.47 Å². The highest BCUT2D eigenvalue weighted by Gasteiger charge is 2.37. The van der Waals surface area contributed by atoms with Gasteiger partial charge in [0.1, 0.15) is 0 Å². The molecule has 3 aliphatic heterocycles. The molecule has 0 aliphatic carbocycles. The van der Waals surface area contributed by atoms with Crippen LogP contribution in [0.1, 0.15) is 13.3 Å². The average Bonchev–Trinajstić information content (AvgIpc) is 3.08. The molecule has 0 radical (unpaired) electrons. The van der Waals surface area contributed by atoms with E-state index in [0.29, 0.717) is 18.6 Å². The molecule has 2 atom stereocenters. The van der Waals surface area contributed by atoms with Crippen LogP contribution in [0.5, 0.6) is 0 Å². The summed E-state index contributed by atoms with van der Waals surface area (Å²) in [7, 11) is 0. The molecule has 5 heteroatoms. The summed E-state index contributed by atoms with van der Waals surface area (Å²) in [6.45, 7) is 8.21. The van der Waals surface area contributed by atoms with Crippen molar-refractivity contribution in [3.8, 4) is 0 Å². The van der Waals surface area contributed by atoms with E-state index in [1.807, 2.05) is 4.90 Å². The first kappa shape index (κ1) is 12.9. The monoisotopic (exact) mass is 266 g/mol. The minimum atomic E-state index is 0.167. The van der Waals surface area contributed by atoms with Crippen LogP contribution in [0.4, 0.5) is 0 Å². The minimum Gasteiger partial charge on any atom is -0.500 e. The van der Waals surface area contributed by atoms with Gasteiger partial charge in [-0.3, -0.25) is 9.69 Å². The summed E-state index contributed by atoms with van der Waals surface area (Å²) in [5.41, 5.74) is 0.829. The van der Waals surface area contributed by atoms with Crippen LogP contribution in [0.25, 0.3) is 0 Å². The maximum Gasteiger partial charge on any atom is 0.253 e. The van der Waals surface area contributed by atoms with Crippen molar-refractivity contribution in [3.05, 3.63) is 11.8 Å². The number of ether oxygens (including phenoxy) is 2. The van der Waals surface area contributed by atoms with Crippen molar-refractivity contribution in [3.63, 3.8) is 0 Å². The number of nitrogens with zero attached hydrogens (tertiary/aromatic N) is 2. The summed E-state index contributed by atoms with van der Waals surface area (Å²) < 4.78 is 10.6. The standard InChI is InChI=1S/C14H22N2O3/c1-11-8-16(14(17)12-2-5-19-10-12)9-13(11)15-3-6-18-7-4-15/h10-11,13H,2-9H2,1H3/t11-,13-/m0/s1. The van der Waals surface area contributed by atoms with Gasteiger partial charge in [0.05, 0.1) is 31.7 Å². The molecule has 106 valence electrons. The maximum atomic E-state index is 12.4. The lowest BCUT2D eigenvalue weighted by molar-refractivity contribution is -0.126. The Labute approximate surface area is 114 Å². The minimum absolute atomic E-state index is 0.167. The third-order valence-electron chi connectivity index (χ3n) is 4.36. The van der Waals surface area contributed by atoms with Crippen molar-refractivity contribution in [2.45, 2.75) is 19.4 Å². The van der Waals surface area contributed by atoms with Gasteiger partial charge in [-0.2, -0.15) is 0 Å². The normalized spacial score (nSPS) is 32.3. The Kier molecular flexibility index (Phi) is 3.75. The van der Waals surface area contributed by atoms with Crippen LogP contribution in [-0.4, -0.2) is 67.7 Å². The molecule has 3 aliphatic rings. The second-order valence-electron chi connectivity index (χ2n) is 5.67. The Balaban J connectivity index is 1.62. The number of amides is 1. The molecule has 2 saturated heterocycles. The highest BCUT2D eigenvalue weighted by Crippen LogP contribution is 2.25. The van der Waals surface area contributed by atoms with Crippen LogP contribution in [-0.2, 0) is 14.3 Å². The molecular formula is C14H22N2O3. The molecule has 0 bridgehead atoms. The number of hydrogen-bond donors (Lipinski definition) is 0. The number of carbonyl (C=O) groups excluding carboxylic acids is 1. The quantitative estimate of drug-likeness (QED) is 0.728. The van der Waals surface area contributed by atoms with Crippen LogP contribution in [0, 0.1) is 5.92 Å². The summed E-state index contributed by atoms with van der Waals surface area (Å²) in [4.78, 5) is 16.8. The fraction of sp³-hybridized carbons (Fsp3) is 0.786. The average molecular weight is 266 g/mol. The lowest BCUT2D eigenvalue weighted by Gasteiger charge is -2.33. The molecule has 0 aromatic heterocycles. The SMILES string of the molecule is C[C@H]1CN(C(=O)C2=COCC2)C[C@@H]1N1CCOCC1. The van der Waals surface area contributed by atoms with Crippen molar-refractivity contribution < 1.29 is 14.3 Å². The molecule has 0 aromatic carbocycles. The van der Waals surface area contributed by atoms with Crippen molar-refractivity contribution in [2.24, 2.45) is 5.92 Å². The van der Waals surface area contributed by atoms with Crippen LogP contribution >= 0.6 is 0 Å². The van der Waals surface area contributed by atoms with Gasteiger partial charge in [-0.1, -0.05) is 6.92 Å². The van der Waals surface area contributed by atoms with Gasteiger partial charge in [-0.05, 0) is 5.92 Å². The lowest BCUT2D eigenvalue weighted by atomic mass is 10.0. The molecular weight excluding hydrogens is 244 g/mol. The van der Waals surface area contributed by atoms with E-state index in [0.717, 1.165) is 51.4 Å². The predicted molar refractivity (Wildman–Crippen MR) is 70.6 cm³/mol. The van der Waals surface area contributed by atoms with Crippen molar-refractivity contribution in [1.29, 1.82) is 0 Å². The maximum absolute atomic E-state index is 12.4. The zero-order valence-electron chi connectivity index (χ0n) is 11.5. The predicted octanol–water partition coefficient (Wildman–Crippen LogP) is 0.470. The second kappa shape index (κ2) is 5.51. The zero-order chi connectivity index (χ0) is 13.2. The zero-order valence-corrected chi connectivity index (χ0v) is 11.5. The van der Waals surface area contributed by atoms with Crippen LogP contribution < -0.4 is 0 Å². The third-order valence-corrected chi connectivity index (χ3v) is 4.36. The molecule has 0 saturated carbocycles. The van der Waals surface area contributed by atoms with Gasteiger partial charge in [0.15, 0.2) is 0 Å². The van der Waals surface area contributed by atoms with E-state index in [-0.39, 0.29) is 5.91 Å². The van der Waals surface area contributed by atoms with E-state index in [1.165, 1.54) is 0 Å². The molecule has 1 amide bonds. The van der Waals surface area contributed by atoms with E-state index < -0.39 is 0 Å². The lowest BCUT2D eigenvalue weighted by Crippen LogP contribution is -2.47. The first-order valence-corrected chi connectivity index (χ1v) is 7.17. The highest BCUT2D eigenvalue weighted by atomic mass is 16.5. The van der Waals surface area contributed by atoms with Gasteiger partial charge in [0, 0.05) is 38.6 Å². The fourth-order valence-corrected chi connectivity index (χ4v) is 3.25. The van der Waals surface area contributed by atoms with Gasteiger partial charge < -0.3 is 14.4 Å². The van der Waals surface area contributed by atoms with Gasteiger partial charge >= 0.3 is 0 Å². The molecule has 0 aromatic rings. The first-order chi connectivity index (χ1) is 9.25. The van der Waals surface area contributed by atoms with E-state index in [9.17, 15) is 4.79 Å². The van der Waals surface area contributed by atoms with Crippen LogP contribution in [0.2, 0.25) is 0 Å². The Morgan fingerprint density at radius 3 is 2.74 bits per heavy atom. The third kappa shape index (κ3) is 2.62. The summed E-state index contributed by atoms with van der Waals surface area (Å²) in [6.07, 6.45) is 2.39. The Hall–Kier alpha value is -1.07. The van der Waals surface area contributed by atoms with Gasteiger partial charge in [-0.15, -0.1) is 0 Å². The summed E-state index contributed by atoms with van der Waals surface area (Å²) in [5.74, 6) is 0.699. The second-order valence-corrected chi connectivity index (χ2v) is 5.67. The Morgan fingerprint density at radius 2 is 2.05 bits per heavy atom. The number of likely N-dealkylation sites (tertiary alicyclic amines) is 1. The van der Waals surface area contributed by atoms with Crippen LogP contribution in [0.15, 0.2) is 11.8 Å². The smallest absolute Gasteiger partial charge is 0.253 e. The van der Waals surface area contributed by atoms with Crippen molar-refractivity contribution in [1.82, 2.24) is 9.80 Å². The molecule has 5 nitrogen and oxygen atoms in total. The number of rotatable bonds is 2. The van der Waals surface area contributed by atoms with Crippen LogP contribution in [0.3, 0.4) is 0 Å². The fourth-order valence-electron chi connectivity index (χ4n) is 3.25. The summed E-state index contributed by atoms with van der Waals surface area (Å²) >= 11 is 0. The Bertz CT molecular complexity index is 377. The van der Waals surface area contributed by atoms with Crippen molar-refractivity contribution >= 4 is 5.91 Å². The number of morpholine rings is 1. The summed E-state index contributed by atoms with van der Waals surface area (Å²) in [6, 6.07) is 0.482. The molecule has 2 fully saturated rings. The summed E-state index contributed by atoms with van der Waals surface area (Å²) in [5, 5.41) is 0. The first-order valence-electron chi connectivity index (χ1n) is 7.17. The van der Waals surface area contributed by atoms with E-state index in [2.05, 4.69) is 11.8 Å². The molecule has 3 rings (SSSR count). The molecule has 0 unspecified atom stereocenters. The molecule has 0 spiro atoms. The van der Waals surface area contributed by atoms with Crippen molar-refractivity contribution in [2.75, 3.05) is 46.0 Å². The number of hydrogen-bond acceptors (Lipinski definition) is 4. The molecule has 0 N–H and O–H groups in total. The van der Waals surface area contributed by atoms with Gasteiger partial charge in [-0.25, -0.2) is 0 Å². The largest absolute Gasteiger partial charge is 0.500 e.